The summed E-state index contributed by atoms with van der Waals surface area (Å²) in [6.07, 6.45) is 3.30. The molecule has 2 aromatic rings. The van der Waals surface area contributed by atoms with E-state index in [-0.39, 0.29) is 23.8 Å². The number of aryl methyl sites for hydroxylation is 1. The maximum Gasteiger partial charge on any atom is 0.214 e. The fourth-order valence-electron chi connectivity index (χ4n) is 4.43. The standard InChI is InChI=1S/C23H29ClN2O3S/c1-2-10-30(27,28)26-14-20(15-26)29-19-8-6-17-7-9-23(25)22(21(17)13-19)12-16-4-3-5-18(24)11-16/h3-6,8,11,13,20,22-23H,2,7,9-10,12,14-15,25H2,1H3. The Labute approximate surface area is 184 Å². The zero-order valence-electron chi connectivity index (χ0n) is 17.3. The van der Waals surface area contributed by atoms with Gasteiger partial charge in [-0.3, -0.25) is 0 Å². The Morgan fingerprint density at radius 3 is 2.73 bits per heavy atom. The van der Waals surface area contributed by atoms with E-state index < -0.39 is 10.0 Å². The van der Waals surface area contributed by atoms with Crippen LogP contribution in [0.1, 0.15) is 42.4 Å². The Morgan fingerprint density at radius 1 is 1.20 bits per heavy atom. The summed E-state index contributed by atoms with van der Waals surface area (Å²) in [5.41, 5.74) is 10.2. The number of ether oxygens (including phenoxy) is 1. The van der Waals surface area contributed by atoms with Gasteiger partial charge in [0, 0.05) is 17.0 Å². The van der Waals surface area contributed by atoms with Crippen LogP contribution in [0.15, 0.2) is 42.5 Å². The highest BCUT2D eigenvalue weighted by molar-refractivity contribution is 7.89. The van der Waals surface area contributed by atoms with Crippen LogP contribution in [0.25, 0.3) is 0 Å². The quantitative estimate of drug-likeness (QED) is 0.700. The minimum atomic E-state index is -3.14. The first kappa shape index (κ1) is 21.6. The summed E-state index contributed by atoms with van der Waals surface area (Å²) < 4.78 is 31.9. The maximum atomic E-state index is 12.1. The van der Waals surface area contributed by atoms with Gasteiger partial charge in [-0.15, -0.1) is 0 Å². The first-order valence-electron chi connectivity index (χ1n) is 10.6. The van der Waals surface area contributed by atoms with E-state index in [9.17, 15) is 8.42 Å². The van der Waals surface area contributed by atoms with Gasteiger partial charge in [0.15, 0.2) is 0 Å². The lowest BCUT2D eigenvalue weighted by Crippen LogP contribution is -2.56. The van der Waals surface area contributed by atoms with Crippen molar-refractivity contribution in [3.8, 4) is 5.75 Å². The van der Waals surface area contributed by atoms with E-state index >= 15 is 0 Å². The molecule has 162 valence electrons. The smallest absolute Gasteiger partial charge is 0.214 e. The molecular weight excluding hydrogens is 420 g/mol. The normalized spacial score (nSPS) is 22.4. The van der Waals surface area contributed by atoms with E-state index in [0.29, 0.717) is 19.5 Å². The van der Waals surface area contributed by atoms with Gasteiger partial charge in [0.1, 0.15) is 11.9 Å². The molecule has 2 N–H and O–H groups in total. The van der Waals surface area contributed by atoms with Crippen molar-refractivity contribution in [1.82, 2.24) is 4.31 Å². The summed E-state index contributed by atoms with van der Waals surface area (Å²) in [5.74, 6) is 1.19. The third kappa shape index (κ3) is 4.67. The van der Waals surface area contributed by atoms with Crippen LogP contribution in [0.4, 0.5) is 0 Å². The zero-order valence-corrected chi connectivity index (χ0v) is 18.8. The van der Waals surface area contributed by atoms with Gasteiger partial charge < -0.3 is 10.5 Å². The van der Waals surface area contributed by atoms with Crippen LogP contribution in [0.2, 0.25) is 5.02 Å². The molecule has 1 heterocycles. The summed E-state index contributed by atoms with van der Waals surface area (Å²) in [5, 5.41) is 0.738. The lowest BCUT2D eigenvalue weighted by atomic mass is 9.76. The van der Waals surface area contributed by atoms with Crippen LogP contribution in [0.5, 0.6) is 5.75 Å². The Hall–Kier alpha value is -1.60. The van der Waals surface area contributed by atoms with Crippen molar-refractivity contribution in [1.29, 1.82) is 0 Å². The van der Waals surface area contributed by atoms with Crippen molar-refractivity contribution in [3.05, 3.63) is 64.2 Å². The van der Waals surface area contributed by atoms with E-state index in [1.54, 1.807) is 0 Å². The maximum absolute atomic E-state index is 12.1. The number of hydrogen-bond donors (Lipinski definition) is 1. The number of halogens is 1. The Bertz CT molecular complexity index is 1010. The van der Waals surface area contributed by atoms with Gasteiger partial charge in [0.25, 0.3) is 0 Å². The Balaban J connectivity index is 1.47. The largest absolute Gasteiger partial charge is 0.488 e. The lowest BCUT2D eigenvalue weighted by molar-refractivity contribution is 0.0761. The summed E-state index contributed by atoms with van der Waals surface area (Å²) in [6.45, 7) is 2.72. The molecule has 4 rings (SSSR count). The minimum Gasteiger partial charge on any atom is -0.488 e. The minimum absolute atomic E-state index is 0.0881. The van der Waals surface area contributed by atoms with E-state index in [4.69, 9.17) is 22.1 Å². The molecule has 0 aromatic heterocycles. The van der Waals surface area contributed by atoms with Crippen LogP contribution in [0.3, 0.4) is 0 Å². The first-order chi connectivity index (χ1) is 14.4. The molecule has 7 heteroatoms. The van der Waals surface area contributed by atoms with Crippen molar-refractivity contribution in [2.45, 2.75) is 50.7 Å². The van der Waals surface area contributed by atoms with Crippen LogP contribution in [0, 0.1) is 0 Å². The third-order valence-corrected chi connectivity index (χ3v) is 8.34. The molecule has 0 spiro atoms. The second kappa shape index (κ2) is 8.87. The number of rotatable bonds is 7. The average molecular weight is 449 g/mol. The molecule has 2 atom stereocenters. The van der Waals surface area contributed by atoms with E-state index in [1.165, 1.54) is 21.0 Å². The summed E-state index contributed by atoms with van der Waals surface area (Å²) >= 11 is 6.17. The van der Waals surface area contributed by atoms with Crippen LogP contribution in [-0.4, -0.2) is 43.7 Å². The SMILES string of the molecule is CCCS(=O)(=O)N1CC(Oc2ccc3c(c2)C(Cc2cccc(Cl)c2)C(N)CC3)C1. The van der Waals surface area contributed by atoms with Gasteiger partial charge in [-0.25, -0.2) is 8.42 Å². The topological polar surface area (TPSA) is 72.6 Å². The van der Waals surface area contributed by atoms with Gasteiger partial charge in [-0.05, 0) is 66.6 Å². The molecule has 2 unspecified atom stereocenters. The van der Waals surface area contributed by atoms with Crippen LogP contribution >= 0.6 is 11.6 Å². The molecule has 1 saturated heterocycles. The number of nitrogens with two attached hydrogens (primary N) is 1. The molecule has 0 saturated carbocycles. The van der Waals surface area contributed by atoms with Gasteiger partial charge >= 0.3 is 0 Å². The van der Waals surface area contributed by atoms with Crippen molar-refractivity contribution >= 4 is 21.6 Å². The lowest BCUT2D eigenvalue weighted by Gasteiger charge is -2.38. The van der Waals surface area contributed by atoms with Crippen LogP contribution < -0.4 is 10.5 Å². The summed E-state index contributed by atoms with van der Waals surface area (Å²) in [6, 6.07) is 14.3. The van der Waals surface area contributed by atoms with Crippen molar-refractivity contribution in [2.75, 3.05) is 18.8 Å². The summed E-state index contributed by atoms with van der Waals surface area (Å²) in [4.78, 5) is 0. The number of nitrogens with zero attached hydrogens (tertiary/aromatic N) is 1. The van der Waals surface area contributed by atoms with Crippen molar-refractivity contribution < 1.29 is 13.2 Å². The molecule has 5 nitrogen and oxygen atoms in total. The predicted molar refractivity (Wildman–Crippen MR) is 121 cm³/mol. The molecule has 1 aliphatic carbocycles. The molecule has 30 heavy (non-hydrogen) atoms. The zero-order chi connectivity index (χ0) is 21.3. The third-order valence-electron chi connectivity index (χ3n) is 6.10. The predicted octanol–water partition coefficient (Wildman–Crippen LogP) is 3.74. The number of hydrogen-bond acceptors (Lipinski definition) is 4. The van der Waals surface area contributed by atoms with E-state index in [0.717, 1.165) is 30.0 Å². The monoisotopic (exact) mass is 448 g/mol. The fourth-order valence-corrected chi connectivity index (χ4v) is 6.21. The average Bonchev–Trinajstić information content (AvgIpc) is 2.66. The van der Waals surface area contributed by atoms with E-state index in [2.05, 4.69) is 18.2 Å². The first-order valence-corrected chi connectivity index (χ1v) is 12.6. The molecule has 0 radical (unpaired) electrons. The van der Waals surface area contributed by atoms with Gasteiger partial charge in [-0.1, -0.05) is 36.7 Å². The molecule has 0 amide bonds. The molecule has 2 aliphatic rings. The second-order valence-electron chi connectivity index (χ2n) is 8.38. The van der Waals surface area contributed by atoms with Crippen molar-refractivity contribution in [2.24, 2.45) is 5.73 Å². The van der Waals surface area contributed by atoms with Gasteiger partial charge in [0.05, 0.1) is 18.8 Å². The summed E-state index contributed by atoms with van der Waals surface area (Å²) in [7, 11) is -3.14. The van der Waals surface area contributed by atoms with Gasteiger partial charge in [0.2, 0.25) is 10.0 Å². The van der Waals surface area contributed by atoms with Crippen LogP contribution in [-0.2, 0) is 22.9 Å². The second-order valence-corrected chi connectivity index (χ2v) is 10.9. The number of benzene rings is 2. The van der Waals surface area contributed by atoms with Crippen molar-refractivity contribution in [3.63, 3.8) is 0 Å². The Morgan fingerprint density at radius 2 is 2.00 bits per heavy atom. The molecular formula is C23H29ClN2O3S. The Kier molecular flexibility index (Phi) is 6.39. The highest BCUT2D eigenvalue weighted by Gasteiger charge is 2.37. The van der Waals surface area contributed by atoms with Gasteiger partial charge in [-0.2, -0.15) is 4.31 Å². The molecule has 1 fully saturated rings. The number of sulfonamides is 1. The fraction of sp³-hybridized carbons (Fsp3) is 0.478. The molecule has 0 bridgehead atoms. The highest BCUT2D eigenvalue weighted by atomic mass is 35.5. The molecule has 2 aromatic carbocycles. The van der Waals surface area contributed by atoms with E-state index in [1.807, 2.05) is 31.2 Å². The molecule has 1 aliphatic heterocycles. The highest BCUT2D eigenvalue weighted by Crippen LogP contribution is 2.36. The number of fused-ring (bicyclic) bond motifs is 1.